The number of carboxylic acid groups (broad SMARTS) is 1. The highest BCUT2D eigenvalue weighted by molar-refractivity contribution is 7.07. The Balaban J connectivity index is 2.37. The molecule has 0 aliphatic rings. The minimum Gasteiger partial charge on any atom is -0.481 e. The molecule has 106 valence electrons. The summed E-state index contributed by atoms with van der Waals surface area (Å²) in [6, 6.07) is 1.92. The average Bonchev–Trinajstić information content (AvgIpc) is 2.77. The van der Waals surface area contributed by atoms with Gasteiger partial charge in [0.2, 0.25) is 5.91 Å². The van der Waals surface area contributed by atoms with E-state index in [0.29, 0.717) is 18.9 Å². The Hall–Kier alpha value is -1.36. The molecule has 1 heterocycles. The number of carbonyl (C=O) groups excluding carboxylic acids is 1. The molecule has 0 aromatic carbocycles. The van der Waals surface area contributed by atoms with E-state index in [0.717, 1.165) is 12.0 Å². The Morgan fingerprint density at radius 2 is 2.16 bits per heavy atom. The topological polar surface area (TPSA) is 66.4 Å². The van der Waals surface area contributed by atoms with Crippen LogP contribution in [0.15, 0.2) is 16.8 Å². The molecule has 0 fully saturated rings. The molecule has 0 spiro atoms. The highest BCUT2D eigenvalue weighted by Crippen LogP contribution is 2.15. The van der Waals surface area contributed by atoms with Crippen molar-refractivity contribution in [3.8, 4) is 0 Å². The molecule has 0 bridgehead atoms. The van der Waals surface area contributed by atoms with Crippen molar-refractivity contribution >= 4 is 23.2 Å². The van der Waals surface area contributed by atoms with E-state index in [4.69, 9.17) is 5.11 Å². The predicted octanol–water partition coefficient (Wildman–Crippen LogP) is 2.54. The van der Waals surface area contributed by atoms with Crippen LogP contribution < -0.4 is 5.32 Å². The van der Waals surface area contributed by atoms with Gasteiger partial charge in [-0.05, 0) is 40.6 Å². The number of carboxylic acids is 1. The zero-order valence-electron chi connectivity index (χ0n) is 11.4. The third kappa shape index (κ3) is 6.96. The van der Waals surface area contributed by atoms with Gasteiger partial charge in [0, 0.05) is 13.0 Å². The average molecular weight is 283 g/mol. The lowest BCUT2D eigenvalue weighted by Crippen LogP contribution is -2.32. The molecule has 0 saturated heterocycles. The third-order valence-corrected chi connectivity index (χ3v) is 3.53. The van der Waals surface area contributed by atoms with Crippen LogP contribution in [-0.2, 0) is 16.0 Å². The van der Waals surface area contributed by atoms with Gasteiger partial charge in [0.15, 0.2) is 0 Å². The monoisotopic (exact) mass is 283 g/mol. The fourth-order valence-corrected chi connectivity index (χ4v) is 2.72. The molecule has 19 heavy (non-hydrogen) atoms. The van der Waals surface area contributed by atoms with Crippen molar-refractivity contribution in [2.45, 2.75) is 33.1 Å². The molecule has 1 aromatic heterocycles. The number of rotatable bonds is 8. The maximum absolute atomic E-state index is 11.7. The van der Waals surface area contributed by atoms with Crippen LogP contribution in [0, 0.1) is 11.8 Å². The van der Waals surface area contributed by atoms with Crippen LogP contribution in [0.5, 0.6) is 0 Å². The number of aliphatic carboxylic acids is 1. The van der Waals surface area contributed by atoms with Crippen LogP contribution in [0.4, 0.5) is 0 Å². The van der Waals surface area contributed by atoms with Gasteiger partial charge >= 0.3 is 5.97 Å². The van der Waals surface area contributed by atoms with E-state index in [1.807, 2.05) is 16.8 Å². The lowest BCUT2D eigenvalue weighted by atomic mass is 9.94. The molecular formula is C14H21NO3S. The van der Waals surface area contributed by atoms with Crippen LogP contribution >= 0.6 is 11.3 Å². The summed E-state index contributed by atoms with van der Waals surface area (Å²) in [6.07, 6.45) is 1.28. The van der Waals surface area contributed by atoms with Crippen molar-refractivity contribution in [2.75, 3.05) is 6.54 Å². The summed E-state index contributed by atoms with van der Waals surface area (Å²) < 4.78 is 0. The Bertz CT molecular complexity index is 401. The van der Waals surface area contributed by atoms with E-state index in [-0.39, 0.29) is 18.2 Å². The molecule has 2 N–H and O–H groups in total. The zero-order valence-corrected chi connectivity index (χ0v) is 12.2. The lowest BCUT2D eigenvalue weighted by Gasteiger charge is -2.17. The Morgan fingerprint density at radius 3 is 2.68 bits per heavy atom. The molecule has 1 atom stereocenters. The predicted molar refractivity (Wildman–Crippen MR) is 76.2 cm³/mol. The van der Waals surface area contributed by atoms with E-state index < -0.39 is 5.97 Å². The fraction of sp³-hybridized carbons (Fsp3) is 0.571. The van der Waals surface area contributed by atoms with Gasteiger partial charge in [-0.2, -0.15) is 11.3 Å². The molecule has 1 rings (SSSR count). The molecule has 0 aliphatic heterocycles. The van der Waals surface area contributed by atoms with Gasteiger partial charge in [-0.1, -0.05) is 13.8 Å². The third-order valence-electron chi connectivity index (χ3n) is 2.80. The van der Waals surface area contributed by atoms with Crippen molar-refractivity contribution in [3.05, 3.63) is 22.4 Å². The summed E-state index contributed by atoms with van der Waals surface area (Å²) in [5, 5.41) is 15.6. The SMILES string of the molecule is CC(C)CC(CNC(=O)Cc1ccsc1)CC(=O)O. The van der Waals surface area contributed by atoms with Crippen LogP contribution in [0.2, 0.25) is 0 Å². The number of hydrogen-bond acceptors (Lipinski definition) is 3. The first-order valence-corrected chi connectivity index (χ1v) is 7.41. The minimum atomic E-state index is -0.808. The van der Waals surface area contributed by atoms with E-state index >= 15 is 0 Å². The van der Waals surface area contributed by atoms with E-state index in [1.54, 1.807) is 11.3 Å². The van der Waals surface area contributed by atoms with Gasteiger partial charge in [-0.15, -0.1) is 0 Å². The van der Waals surface area contributed by atoms with Gasteiger partial charge in [0.05, 0.1) is 6.42 Å². The second-order valence-electron chi connectivity index (χ2n) is 5.21. The maximum Gasteiger partial charge on any atom is 0.303 e. The first-order chi connectivity index (χ1) is 8.97. The van der Waals surface area contributed by atoms with Gasteiger partial charge in [-0.3, -0.25) is 9.59 Å². The first-order valence-electron chi connectivity index (χ1n) is 6.47. The normalized spacial score (nSPS) is 12.4. The Labute approximate surface area is 117 Å². The van der Waals surface area contributed by atoms with Crippen molar-refractivity contribution in [1.29, 1.82) is 0 Å². The maximum atomic E-state index is 11.7. The number of nitrogens with one attached hydrogen (secondary N) is 1. The van der Waals surface area contributed by atoms with Gasteiger partial charge in [0.25, 0.3) is 0 Å². The van der Waals surface area contributed by atoms with Crippen LogP contribution in [0.3, 0.4) is 0 Å². The second-order valence-corrected chi connectivity index (χ2v) is 5.99. The molecule has 1 aromatic rings. The first kappa shape index (κ1) is 15.7. The summed E-state index contributed by atoms with van der Waals surface area (Å²) in [4.78, 5) is 22.5. The van der Waals surface area contributed by atoms with Crippen LogP contribution in [0.25, 0.3) is 0 Å². The molecule has 0 radical (unpaired) electrons. The summed E-state index contributed by atoms with van der Waals surface area (Å²) in [7, 11) is 0. The molecule has 4 nitrogen and oxygen atoms in total. The van der Waals surface area contributed by atoms with Crippen molar-refractivity contribution in [1.82, 2.24) is 5.32 Å². The van der Waals surface area contributed by atoms with Gasteiger partial charge < -0.3 is 10.4 Å². The van der Waals surface area contributed by atoms with Gasteiger partial charge in [-0.25, -0.2) is 0 Å². The van der Waals surface area contributed by atoms with E-state index in [2.05, 4.69) is 19.2 Å². The number of amides is 1. The minimum absolute atomic E-state index is 0.00363. The molecule has 1 amide bonds. The molecule has 0 saturated carbocycles. The number of hydrogen-bond donors (Lipinski definition) is 2. The van der Waals surface area contributed by atoms with Crippen molar-refractivity contribution < 1.29 is 14.7 Å². The van der Waals surface area contributed by atoms with E-state index in [9.17, 15) is 9.59 Å². The van der Waals surface area contributed by atoms with Crippen LogP contribution in [0.1, 0.15) is 32.3 Å². The zero-order chi connectivity index (χ0) is 14.3. The summed E-state index contributed by atoms with van der Waals surface area (Å²) in [6.45, 7) is 4.55. The molecule has 0 aliphatic carbocycles. The van der Waals surface area contributed by atoms with Crippen LogP contribution in [-0.4, -0.2) is 23.5 Å². The highest BCUT2D eigenvalue weighted by Gasteiger charge is 2.16. The highest BCUT2D eigenvalue weighted by atomic mass is 32.1. The quantitative estimate of drug-likeness (QED) is 0.770. The Morgan fingerprint density at radius 1 is 1.42 bits per heavy atom. The summed E-state index contributed by atoms with van der Waals surface area (Å²) in [5.41, 5.74) is 1.00. The molecular weight excluding hydrogens is 262 g/mol. The number of thiophene rings is 1. The molecule has 1 unspecified atom stereocenters. The lowest BCUT2D eigenvalue weighted by molar-refractivity contribution is -0.138. The standard InChI is InChI=1S/C14H21NO3S/c1-10(2)5-12(7-14(17)18)8-15-13(16)6-11-3-4-19-9-11/h3-4,9-10,12H,5-8H2,1-2H3,(H,15,16)(H,17,18). The van der Waals surface area contributed by atoms with Crippen molar-refractivity contribution in [3.63, 3.8) is 0 Å². The number of carbonyl (C=O) groups is 2. The molecule has 5 heteroatoms. The van der Waals surface area contributed by atoms with Crippen molar-refractivity contribution in [2.24, 2.45) is 11.8 Å². The second kappa shape index (κ2) is 7.94. The van der Waals surface area contributed by atoms with Gasteiger partial charge in [0.1, 0.15) is 0 Å². The smallest absolute Gasteiger partial charge is 0.303 e. The Kier molecular flexibility index (Phi) is 6.56. The fourth-order valence-electron chi connectivity index (χ4n) is 2.05. The largest absolute Gasteiger partial charge is 0.481 e. The summed E-state index contributed by atoms with van der Waals surface area (Å²) >= 11 is 1.57. The van der Waals surface area contributed by atoms with E-state index in [1.165, 1.54) is 0 Å². The summed E-state index contributed by atoms with van der Waals surface area (Å²) in [5.74, 6) is -0.419.